The summed E-state index contributed by atoms with van der Waals surface area (Å²) in [4.78, 5) is 18.6. The number of anilines is 2. The lowest BCUT2D eigenvalue weighted by molar-refractivity contribution is 0.102. The summed E-state index contributed by atoms with van der Waals surface area (Å²) in [6, 6.07) is 11.1. The maximum Gasteiger partial charge on any atom is 0.274 e. The van der Waals surface area contributed by atoms with Crippen LogP contribution in [0.15, 0.2) is 47.1 Å². The van der Waals surface area contributed by atoms with Gasteiger partial charge in [-0.1, -0.05) is 22.0 Å². The van der Waals surface area contributed by atoms with Gasteiger partial charge in [0, 0.05) is 23.8 Å². The number of ether oxygens (including phenoxy) is 1. The molecular formula is C16H16BrN3O2. The number of rotatable bonds is 3. The Morgan fingerprint density at radius 1 is 1.23 bits per heavy atom. The van der Waals surface area contributed by atoms with E-state index in [1.54, 1.807) is 24.4 Å². The second kappa shape index (κ2) is 6.89. The second-order valence-electron chi connectivity index (χ2n) is 4.93. The maximum absolute atomic E-state index is 12.3. The minimum Gasteiger partial charge on any atom is -0.378 e. The van der Waals surface area contributed by atoms with Gasteiger partial charge in [-0.05, 0) is 30.3 Å². The van der Waals surface area contributed by atoms with Crippen molar-refractivity contribution in [2.24, 2.45) is 0 Å². The van der Waals surface area contributed by atoms with Crippen LogP contribution in [0, 0.1) is 0 Å². The number of aromatic nitrogens is 1. The van der Waals surface area contributed by atoms with Crippen molar-refractivity contribution in [3.63, 3.8) is 0 Å². The van der Waals surface area contributed by atoms with Crippen molar-refractivity contribution < 1.29 is 9.53 Å². The van der Waals surface area contributed by atoms with Gasteiger partial charge in [-0.2, -0.15) is 0 Å². The predicted molar refractivity (Wildman–Crippen MR) is 89.4 cm³/mol. The van der Waals surface area contributed by atoms with Gasteiger partial charge < -0.3 is 15.0 Å². The third kappa shape index (κ3) is 3.45. The Labute approximate surface area is 137 Å². The average Bonchev–Trinajstić information content (AvgIpc) is 2.58. The molecule has 1 aromatic carbocycles. The molecule has 3 rings (SSSR count). The Morgan fingerprint density at radius 2 is 2.05 bits per heavy atom. The van der Waals surface area contributed by atoms with Crippen LogP contribution in [0.3, 0.4) is 0 Å². The molecule has 5 nitrogen and oxygen atoms in total. The molecule has 0 unspecified atom stereocenters. The van der Waals surface area contributed by atoms with Crippen LogP contribution in [0.4, 0.5) is 11.4 Å². The largest absolute Gasteiger partial charge is 0.378 e. The lowest BCUT2D eigenvalue weighted by Gasteiger charge is -2.30. The topological polar surface area (TPSA) is 54.5 Å². The monoisotopic (exact) mass is 361 g/mol. The average molecular weight is 362 g/mol. The van der Waals surface area contributed by atoms with E-state index in [1.165, 1.54) is 0 Å². The van der Waals surface area contributed by atoms with E-state index < -0.39 is 0 Å². The second-order valence-corrected chi connectivity index (χ2v) is 5.85. The molecule has 1 aliphatic heterocycles. The van der Waals surface area contributed by atoms with Crippen LogP contribution in [0.25, 0.3) is 0 Å². The Hall–Kier alpha value is -1.92. The zero-order valence-corrected chi connectivity index (χ0v) is 13.5. The molecule has 0 atom stereocenters. The van der Waals surface area contributed by atoms with Gasteiger partial charge in [-0.25, -0.2) is 0 Å². The molecule has 1 amide bonds. The summed E-state index contributed by atoms with van der Waals surface area (Å²) in [5.74, 6) is -0.211. The first-order chi connectivity index (χ1) is 10.7. The molecule has 22 heavy (non-hydrogen) atoms. The van der Waals surface area contributed by atoms with Crippen molar-refractivity contribution in [1.29, 1.82) is 0 Å². The first-order valence-electron chi connectivity index (χ1n) is 7.09. The van der Waals surface area contributed by atoms with Crippen molar-refractivity contribution in [3.8, 4) is 0 Å². The summed E-state index contributed by atoms with van der Waals surface area (Å²) in [7, 11) is 0. The van der Waals surface area contributed by atoms with Crippen molar-refractivity contribution >= 4 is 33.2 Å². The number of hydrogen-bond donors (Lipinski definition) is 1. The number of carbonyl (C=O) groups excluding carboxylic acids is 1. The molecule has 0 saturated carbocycles. The highest BCUT2D eigenvalue weighted by Gasteiger charge is 2.17. The van der Waals surface area contributed by atoms with Gasteiger partial charge in [0.1, 0.15) is 5.69 Å². The first kappa shape index (κ1) is 15.0. The van der Waals surface area contributed by atoms with E-state index in [-0.39, 0.29) is 5.91 Å². The summed E-state index contributed by atoms with van der Waals surface area (Å²) in [6.07, 6.45) is 1.61. The van der Waals surface area contributed by atoms with Crippen molar-refractivity contribution in [1.82, 2.24) is 4.98 Å². The SMILES string of the molecule is O=C(Nc1ccc(Br)cc1N1CCOCC1)c1ccccn1. The molecule has 1 saturated heterocycles. The molecule has 1 N–H and O–H groups in total. The number of hydrogen-bond acceptors (Lipinski definition) is 4. The Kier molecular flexibility index (Phi) is 4.70. The van der Waals surface area contributed by atoms with Crippen LogP contribution in [-0.2, 0) is 4.74 Å². The van der Waals surface area contributed by atoms with Gasteiger partial charge in [-0.15, -0.1) is 0 Å². The van der Waals surface area contributed by atoms with E-state index in [0.717, 1.165) is 28.9 Å². The van der Waals surface area contributed by atoms with E-state index in [9.17, 15) is 4.79 Å². The highest BCUT2D eigenvalue weighted by atomic mass is 79.9. The number of carbonyl (C=O) groups is 1. The van der Waals surface area contributed by atoms with E-state index in [4.69, 9.17) is 4.74 Å². The normalized spacial score (nSPS) is 14.7. The smallest absolute Gasteiger partial charge is 0.274 e. The summed E-state index contributed by atoms with van der Waals surface area (Å²) >= 11 is 3.49. The highest BCUT2D eigenvalue weighted by molar-refractivity contribution is 9.10. The summed E-state index contributed by atoms with van der Waals surface area (Å²) in [5.41, 5.74) is 2.17. The molecule has 2 aromatic rings. The van der Waals surface area contributed by atoms with Crippen LogP contribution < -0.4 is 10.2 Å². The highest BCUT2D eigenvalue weighted by Crippen LogP contribution is 2.30. The first-order valence-corrected chi connectivity index (χ1v) is 7.88. The fraction of sp³-hybridized carbons (Fsp3) is 0.250. The zero-order chi connectivity index (χ0) is 15.4. The molecule has 0 radical (unpaired) electrons. The number of amides is 1. The molecular weight excluding hydrogens is 346 g/mol. The summed E-state index contributed by atoms with van der Waals surface area (Å²) in [5, 5.41) is 2.95. The summed E-state index contributed by atoms with van der Waals surface area (Å²) in [6.45, 7) is 3.01. The Morgan fingerprint density at radius 3 is 2.77 bits per heavy atom. The number of nitrogens with zero attached hydrogens (tertiary/aromatic N) is 2. The molecule has 114 valence electrons. The Bertz CT molecular complexity index is 658. The number of halogens is 1. The Balaban J connectivity index is 1.85. The van der Waals surface area contributed by atoms with Crippen LogP contribution in [-0.4, -0.2) is 37.2 Å². The van der Waals surface area contributed by atoms with Crippen molar-refractivity contribution in [2.45, 2.75) is 0 Å². The molecule has 1 fully saturated rings. The zero-order valence-electron chi connectivity index (χ0n) is 12.0. The van der Waals surface area contributed by atoms with Crippen LogP contribution in [0.5, 0.6) is 0 Å². The molecule has 0 aliphatic carbocycles. The minimum absolute atomic E-state index is 0.211. The van der Waals surface area contributed by atoms with Gasteiger partial charge >= 0.3 is 0 Å². The molecule has 6 heteroatoms. The number of benzene rings is 1. The predicted octanol–water partition coefficient (Wildman–Crippen LogP) is 2.93. The molecule has 0 spiro atoms. The van der Waals surface area contributed by atoms with E-state index in [1.807, 2.05) is 18.2 Å². The number of nitrogens with one attached hydrogen (secondary N) is 1. The van der Waals surface area contributed by atoms with Crippen molar-refractivity contribution in [2.75, 3.05) is 36.5 Å². The summed E-state index contributed by atoms with van der Waals surface area (Å²) < 4.78 is 6.37. The quantitative estimate of drug-likeness (QED) is 0.912. The lowest BCUT2D eigenvalue weighted by Crippen LogP contribution is -2.36. The van der Waals surface area contributed by atoms with Crippen LogP contribution in [0.2, 0.25) is 0 Å². The van der Waals surface area contributed by atoms with Gasteiger partial charge in [0.2, 0.25) is 0 Å². The maximum atomic E-state index is 12.3. The molecule has 0 bridgehead atoms. The molecule has 2 heterocycles. The molecule has 1 aliphatic rings. The van der Waals surface area contributed by atoms with Crippen LogP contribution in [0.1, 0.15) is 10.5 Å². The fourth-order valence-corrected chi connectivity index (χ4v) is 2.71. The van der Waals surface area contributed by atoms with E-state index >= 15 is 0 Å². The van der Waals surface area contributed by atoms with Crippen molar-refractivity contribution in [3.05, 3.63) is 52.8 Å². The minimum atomic E-state index is -0.211. The third-order valence-corrected chi connectivity index (χ3v) is 3.95. The third-order valence-electron chi connectivity index (χ3n) is 3.46. The lowest BCUT2D eigenvalue weighted by atomic mass is 10.2. The van der Waals surface area contributed by atoms with Gasteiger partial charge in [0.25, 0.3) is 5.91 Å². The fourth-order valence-electron chi connectivity index (χ4n) is 2.36. The van der Waals surface area contributed by atoms with E-state index in [0.29, 0.717) is 18.9 Å². The molecule has 1 aromatic heterocycles. The van der Waals surface area contributed by atoms with Crippen LogP contribution >= 0.6 is 15.9 Å². The standard InChI is InChI=1S/C16H16BrN3O2/c17-12-4-5-13(15(11-12)20-7-9-22-10-8-20)19-16(21)14-3-1-2-6-18-14/h1-6,11H,7-10H2,(H,19,21). The number of pyridine rings is 1. The van der Waals surface area contributed by atoms with Gasteiger partial charge in [0.15, 0.2) is 0 Å². The number of morpholine rings is 1. The van der Waals surface area contributed by atoms with Gasteiger partial charge in [0.05, 0.1) is 24.6 Å². The van der Waals surface area contributed by atoms with Gasteiger partial charge in [-0.3, -0.25) is 9.78 Å². The van der Waals surface area contributed by atoms with E-state index in [2.05, 4.69) is 31.1 Å².